The highest BCUT2D eigenvalue weighted by atomic mass is 31.2. The fourth-order valence-electron chi connectivity index (χ4n) is 1.56. The number of rotatable bonds is 6. The first-order chi connectivity index (χ1) is 7.61. The van der Waals surface area contributed by atoms with Crippen molar-refractivity contribution in [3.63, 3.8) is 0 Å². The van der Waals surface area contributed by atoms with Gasteiger partial charge in [-0.3, -0.25) is 0 Å². The maximum Gasteiger partial charge on any atom is 0.391 e. The zero-order chi connectivity index (χ0) is 12.0. The van der Waals surface area contributed by atoms with Crippen LogP contribution in [-0.2, 0) is 6.42 Å². The highest BCUT2D eigenvalue weighted by molar-refractivity contribution is 7.39. The van der Waals surface area contributed by atoms with E-state index in [2.05, 4.69) is 6.92 Å². The largest absolute Gasteiger partial charge is 0.427 e. The standard InChI is InChI=1S/C11H18NO3P/c1-2-3-10(12)8-9-4-6-11(7-5-9)15-16(13)14/h4-7,10,13-14H,2-3,8,12H2,1H3/t10-/m1/s1. The summed E-state index contributed by atoms with van der Waals surface area (Å²) in [6, 6.07) is 7.41. The lowest BCUT2D eigenvalue weighted by molar-refractivity contribution is 0.375. The van der Waals surface area contributed by atoms with E-state index in [4.69, 9.17) is 20.0 Å². The molecule has 0 bridgehead atoms. The van der Waals surface area contributed by atoms with E-state index in [0.717, 1.165) is 24.8 Å². The molecule has 4 N–H and O–H groups in total. The normalized spacial score (nSPS) is 12.8. The van der Waals surface area contributed by atoms with Crippen LogP contribution in [0.3, 0.4) is 0 Å². The molecular weight excluding hydrogens is 225 g/mol. The van der Waals surface area contributed by atoms with Gasteiger partial charge in [-0.2, -0.15) is 0 Å². The highest BCUT2D eigenvalue weighted by Crippen LogP contribution is 2.28. The molecular formula is C11H18NO3P. The van der Waals surface area contributed by atoms with Gasteiger partial charge >= 0.3 is 8.60 Å². The summed E-state index contributed by atoms with van der Waals surface area (Å²) >= 11 is 0. The van der Waals surface area contributed by atoms with E-state index in [1.807, 2.05) is 12.1 Å². The number of hydrogen-bond donors (Lipinski definition) is 3. The first-order valence-corrected chi connectivity index (χ1v) is 6.48. The van der Waals surface area contributed by atoms with Gasteiger partial charge in [0.2, 0.25) is 0 Å². The van der Waals surface area contributed by atoms with E-state index in [9.17, 15) is 0 Å². The van der Waals surface area contributed by atoms with E-state index in [1.165, 1.54) is 0 Å². The first kappa shape index (κ1) is 13.4. The highest BCUT2D eigenvalue weighted by Gasteiger charge is 2.05. The van der Waals surface area contributed by atoms with E-state index >= 15 is 0 Å². The molecule has 90 valence electrons. The van der Waals surface area contributed by atoms with Crippen LogP contribution in [0.5, 0.6) is 5.75 Å². The van der Waals surface area contributed by atoms with E-state index in [1.54, 1.807) is 12.1 Å². The molecule has 0 aliphatic rings. The Morgan fingerprint density at radius 1 is 1.31 bits per heavy atom. The number of nitrogens with two attached hydrogens (primary N) is 1. The smallest absolute Gasteiger partial charge is 0.391 e. The van der Waals surface area contributed by atoms with Gasteiger partial charge in [-0.1, -0.05) is 25.5 Å². The second-order valence-electron chi connectivity index (χ2n) is 3.74. The van der Waals surface area contributed by atoms with Crippen molar-refractivity contribution < 1.29 is 14.3 Å². The van der Waals surface area contributed by atoms with Gasteiger partial charge in [0.05, 0.1) is 0 Å². The summed E-state index contributed by atoms with van der Waals surface area (Å²) in [6.45, 7) is 2.11. The molecule has 0 saturated heterocycles. The van der Waals surface area contributed by atoms with Crippen LogP contribution < -0.4 is 10.3 Å². The Morgan fingerprint density at radius 2 is 1.94 bits per heavy atom. The number of hydrogen-bond acceptors (Lipinski definition) is 4. The Balaban J connectivity index is 2.50. The summed E-state index contributed by atoms with van der Waals surface area (Å²) in [5, 5.41) is 0. The molecule has 1 aromatic carbocycles. The Morgan fingerprint density at radius 3 is 2.44 bits per heavy atom. The van der Waals surface area contributed by atoms with Crippen LogP contribution in [0.2, 0.25) is 0 Å². The van der Waals surface area contributed by atoms with Gasteiger partial charge in [0, 0.05) is 6.04 Å². The predicted octanol–water partition coefficient (Wildman–Crippen LogP) is 1.95. The van der Waals surface area contributed by atoms with E-state index in [0.29, 0.717) is 5.75 Å². The van der Waals surface area contributed by atoms with E-state index < -0.39 is 8.60 Å². The Bertz CT molecular complexity index is 303. The van der Waals surface area contributed by atoms with Crippen LogP contribution in [-0.4, -0.2) is 15.8 Å². The fourth-order valence-corrected chi connectivity index (χ4v) is 1.87. The molecule has 4 nitrogen and oxygen atoms in total. The van der Waals surface area contributed by atoms with Gasteiger partial charge in [0.15, 0.2) is 0 Å². The molecule has 0 amide bonds. The topological polar surface area (TPSA) is 75.7 Å². The summed E-state index contributed by atoms with van der Waals surface area (Å²) in [6.07, 6.45) is 2.93. The minimum Gasteiger partial charge on any atom is -0.427 e. The molecule has 0 aliphatic heterocycles. The summed E-state index contributed by atoms with van der Waals surface area (Å²) in [7, 11) is -2.33. The van der Waals surface area contributed by atoms with Crippen LogP contribution in [0.4, 0.5) is 0 Å². The monoisotopic (exact) mass is 243 g/mol. The molecule has 0 fully saturated rings. The third-order valence-electron chi connectivity index (χ3n) is 2.27. The van der Waals surface area contributed by atoms with Crippen LogP contribution in [0.15, 0.2) is 24.3 Å². The maximum absolute atomic E-state index is 8.67. The average molecular weight is 243 g/mol. The quantitative estimate of drug-likeness (QED) is 0.667. The summed E-state index contributed by atoms with van der Waals surface area (Å²) in [4.78, 5) is 17.3. The summed E-state index contributed by atoms with van der Waals surface area (Å²) in [5.41, 5.74) is 7.06. The van der Waals surface area contributed by atoms with Crippen molar-refractivity contribution in [3.8, 4) is 5.75 Å². The zero-order valence-electron chi connectivity index (χ0n) is 9.34. The number of benzene rings is 1. The molecule has 0 unspecified atom stereocenters. The van der Waals surface area contributed by atoms with Crippen molar-refractivity contribution in [3.05, 3.63) is 29.8 Å². The second-order valence-corrected chi connectivity index (χ2v) is 4.43. The SMILES string of the molecule is CCC[C@@H](N)Cc1ccc(OP(O)O)cc1. The fraction of sp³-hybridized carbons (Fsp3) is 0.455. The maximum atomic E-state index is 8.67. The minimum absolute atomic E-state index is 0.185. The molecule has 0 spiro atoms. The van der Waals surface area contributed by atoms with E-state index in [-0.39, 0.29) is 6.04 Å². The van der Waals surface area contributed by atoms with Crippen molar-refractivity contribution in [1.82, 2.24) is 0 Å². The average Bonchev–Trinajstić information content (AvgIpc) is 2.20. The molecule has 1 aromatic rings. The molecule has 16 heavy (non-hydrogen) atoms. The van der Waals surface area contributed by atoms with Crippen LogP contribution in [0, 0.1) is 0 Å². The molecule has 1 rings (SSSR count). The zero-order valence-corrected chi connectivity index (χ0v) is 10.2. The first-order valence-electron chi connectivity index (χ1n) is 5.32. The van der Waals surface area contributed by atoms with Crippen LogP contribution >= 0.6 is 8.60 Å². The lowest BCUT2D eigenvalue weighted by Gasteiger charge is -2.11. The van der Waals surface area contributed by atoms with Gasteiger partial charge in [-0.05, 0) is 30.5 Å². The molecule has 1 atom stereocenters. The van der Waals surface area contributed by atoms with Crippen LogP contribution in [0.25, 0.3) is 0 Å². The molecule has 0 heterocycles. The predicted molar refractivity (Wildman–Crippen MR) is 65.0 cm³/mol. The minimum atomic E-state index is -2.33. The molecule has 0 aromatic heterocycles. The van der Waals surface area contributed by atoms with Gasteiger partial charge in [-0.25, -0.2) is 0 Å². The third-order valence-corrected chi connectivity index (χ3v) is 2.64. The summed E-state index contributed by atoms with van der Waals surface area (Å²) in [5.74, 6) is 0.462. The second kappa shape index (κ2) is 6.81. The molecule has 5 heteroatoms. The van der Waals surface area contributed by atoms with Crippen molar-refractivity contribution >= 4 is 8.60 Å². The Kier molecular flexibility index (Phi) is 5.71. The molecule has 0 aliphatic carbocycles. The van der Waals surface area contributed by atoms with Gasteiger partial charge in [-0.15, -0.1) is 0 Å². The molecule has 0 saturated carbocycles. The van der Waals surface area contributed by atoms with Crippen molar-refractivity contribution in [1.29, 1.82) is 0 Å². The van der Waals surface area contributed by atoms with Crippen molar-refractivity contribution in [2.75, 3.05) is 0 Å². The summed E-state index contributed by atoms with van der Waals surface area (Å²) < 4.78 is 4.77. The van der Waals surface area contributed by atoms with Gasteiger partial charge < -0.3 is 20.0 Å². The lowest BCUT2D eigenvalue weighted by Crippen LogP contribution is -2.22. The van der Waals surface area contributed by atoms with Crippen LogP contribution in [0.1, 0.15) is 25.3 Å². The lowest BCUT2D eigenvalue weighted by atomic mass is 10.0. The van der Waals surface area contributed by atoms with Crippen molar-refractivity contribution in [2.45, 2.75) is 32.2 Å². The van der Waals surface area contributed by atoms with Crippen molar-refractivity contribution in [2.24, 2.45) is 5.73 Å². The van der Waals surface area contributed by atoms with Gasteiger partial charge in [0.25, 0.3) is 0 Å². The molecule has 0 radical (unpaired) electrons. The third kappa shape index (κ3) is 4.90. The Hall–Kier alpha value is -0.670. The van der Waals surface area contributed by atoms with Gasteiger partial charge in [0.1, 0.15) is 5.75 Å². The Labute approximate surface area is 97.1 Å².